The SMILES string of the molecule is CN(C(=O)CCN1C(=O)C2CCCCC2C1=O)c1ccc(Oc2ccccc2)cc1. The molecule has 4 rings (SSSR count). The van der Waals surface area contributed by atoms with Crippen LogP contribution in [-0.2, 0) is 14.4 Å². The Kier molecular flexibility index (Phi) is 5.84. The highest BCUT2D eigenvalue weighted by Gasteiger charge is 2.47. The van der Waals surface area contributed by atoms with Crippen LogP contribution in [0.2, 0.25) is 0 Å². The van der Waals surface area contributed by atoms with E-state index in [9.17, 15) is 14.4 Å². The number of carbonyl (C=O) groups is 3. The van der Waals surface area contributed by atoms with Gasteiger partial charge < -0.3 is 9.64 Å². The standard InChI is InChI=1S/C24H26N2O4/c1-25(17-11-13-19(14-12-17)30-18-7-3-2-4-8-18)22(27)15-16-26-23(28)20-9-5-6-10-21(20)24(26)29/h2-4,7-8,11-14,20-21H,5-6,9-10,15-16H2,1H3. The number of benzene rings is 2. The Morgan fingerprint density at radius 3 is 2.10 bits per heavy atom. The number of fused-ring (bicyclic) bond motifs is 1. The molecule has 2 fully saturated rings. The third-order valence-corrected chi connectivity index (χ3v) is 6.06. The first kappa shape index (κ1) is 20.1. The average Bonchev–Trinajstić information content (AvgIpc) is 3.03. The van der Waals surface area contributed by atoms with Gasteiger partial charge in [0.2, 0.25) is 17.7 Å². The Morgan fingerprint density at radius 2 is 1.50 bits per heavy atom. The van der Waals surface area contributed by atoms with E-state index in [1.54, 1.807) is 11.9 Å². The van der Waals surface area contributed by atoms with Crippen molar-refractivity contribution in [3.8, 4) is 11.5 Å². The summed E-state index contributed by atoms with van der Waals surface area (Å²) in [6.07, 6.45) is 3.70. The van der Waals surface area contributed by atoms with Gasteiger partial charge in [-0.25, -0.2) is 0 Å². The molecule has 2 aromatic rings. The molecule has 2 aromatic carbocycles. The lowest BCUT2D eigenvalue weighted by molar-refractivity contribution is -0.140. The van der Waals surface area contributed by atoms with Crippen LogP contribution in [0.1, 0.15) is 32.1 Å². The first-order valence-corrected chi connectivity index (χ1v) is 10.5. The zero-order chi connectivity index (χ0) is 21.1. The Balaban J connectivity index is 1.33. The maximum atomic E-state index is 12.6. The number of likely N-dealkylation sites (tertiary alicyclic amines) is 1. The molecule has 1 aliphatic carbocycles. The van der Waals surface area contributed by atoms with Crippen LogP contribution in [0.5, 0.6) is 11.5 Å². The molecule has 3 amide bonds. The van der Waals surface area contributed by atoms with Crippen molar-refractivity contribution in [1.29, 1.82) is 0 Å². The van der Waals surface area contributed by atoms with Gasteiger partial charge in [0.1, 0.15) is 11.5 Å². The molecular weight excluding hydrogens is 380 g/mol. The molecule has 2 unspecified atom stereocenters. The first-order chi connectivity index (χ1) is 14.5. The van der Waals surface area contributed by atoms with Crippen molar-refractivity contribution in [3.05, 3.63) is 54.6 Å². The lowest BCUT2D eigenvalue weighted by atomic mass is 9.81. The number of carbonyl (C=O) groups excluding carboxylic acids is 3. The minimum absolute atomic E-state index is 0.0948. The summed E-state index contributed by atoms with van der Waals surface area (Å²) in [5.74, 6) is 0.761. The summed E-state index contributed by atoms with van der Waals surface area (Å²) in [6, 6.07) is 16.7. The molecule has 2 atom stereocenters. The fourth-order valence-corrected chi connectivity index (χ4v) is 4.33. The van der Waals surface area contributed by atoms with Gasteiger partial charge >= 0.3 is 0 Å². The third kappa shape index (κ3) is 4.08. The van der Waals surface area contributed by atoms with Crippen LogP contribution in [0.25, 0.3) is 0 Å². The van der Waals surface area contributed by atoms with Gasteiger partial charge in [0.05, 0.1) is 11.8 Å². The summed E-state index contributed by atoms with van der Waals surface area (Å²) in [6.45, 7) is 0.156. The van der Waals surface area contributed by atoms with Crippen molar-refractivity contribution < 1.29 is 19.1 Å². The molecule has 6 heteroatoms. The topological polar surface area (TPSA) is 66.9 Å². The van der Waals surface area contributed by atoms with Gasteiger partial charge in [-0.3, -0.25) is 19.3 Å². The molecule has 6 nitrogen and oxygen atoms in total. The van der Waals surface area contributed by atoms with Gasteiger partial charge in [-0.05, 0) is 49.2 Å². The van der Waals surface area contributed by atoms with Crippen LogP contribution in [0, 0.1) is 11.8 Å². The molecule has 0 N–H and O–H groups in total. The highest BCUT2D eigenvalue weighted by atomic mass is 16.5. The number of anilines is 1. The quantitative estimate of drug-likeness (QED) is 0.680. The second kappa shape index (κ2) is 8.69. The minimum atomic E-state index is -0.170. The van der Waals surface area contributed by atoms with Gasteiger partial charge in [-0.2, -0.15) is 0 Å². The average molecular weight is 406 g/mol. The zero-order valence-corrected chi connectivity index (χ0v) is 17.1. The van der Waals surface area contributed by atoms with Crippen molar-refractivity contribution in [3.63, 3.8) is 0 Å². The first-order valence-electron chi connectivity index (χ1n) is 10.5. The summed E-state index contributed by atoms with van der Waals surface area (Å²) in [4.78, 5) is 40.6. The number of ether oxygens (including phenoxy) is 1. The van der Waals surface area contributed by atoms with E-state index in [0.29, 0.717) is 5.75 Å². The number of hydrogen-bond acceptors (Lipinski definition) is 4. The molecular formula is C24H26N2O4. The molecule has 1 saturated carbocycles. The van der Waals surface area contributed by atoms with Gasteiger partial charge in [-0.1, -0.05) is 31.0 Å². The molecule has 0 spiro atoms. The maximum absolute atomic E-state index is 12.6. The highest BCUT2D eigenvalue weighted by molar-refractivity contribution is 6.05. The normalized spacial score (nSPS) is 20.8. The number of imide groups is 1. The van der Waals surface area contributed by atoms with Crippen molar-refractivity contribution in [1.82, 2.24) is 4.90 Å². The van der Waals surface area contributed by atoms with Crippen LogP contribution in [0.3, 0.4) is 0 Å². The van der Waals surface area contributed by atoms with Crippen LogP contribution in [-0.4, -0.2) is 36.2 Å². The molecule has 156 valence electrons. The van der Waals surface area contributed by atoms with Gasteiger partial charge in [0, 0.05) is 25.7 Å². The number of amides is 3. The van der Waals surface area contributed by atoms with Crippen molar-refractivity contribution in [2.75, 3.05) is 18.5 Å². The molecule has 1 saturated heterocycles. The number of nitrogens with zero attached hydrogens (tertiary/aromatic N) is 2. The summed E-state index contributed by atoms with van der Waals surface area (Å²) in [7, 11) is 1.70. The number of rotatable bonds is 6. The van der Waals surface area contributed by atoms with E-state index in [-0.39, 0.29) is 42.5 Å². The Morgan fingerprint density at radius 1 is 0.933 bits per heavy atom. The minimum Gasteiger partial charge on any atom is -0.457 e. The maximum Gasteiger partial charge on any atom is 0.233 e. The molecule has 0 aromatic heterocycles. The summed E-state index contributed by atoms with van der Waals surface area (Å²) < 4.78 is 5.77. The molecule has 0 bridgehead atoms. The second-order valence-electron chi connectivity index (χ2n) is 7.94. The summed E-state index contributed by atoms with van der Waals surface area (Å²) >= 11 is 0. The molecule has 0 radical (unpaired) electrons. The largest absolute Gasteiger partial charge is 0.457 e. The van der Waals surface area contributed by atoms with Crippen LogP contribution >= 0.6 is 0 Å². The molecule has 2 aliphatic rings. The van der Waals surface area contributed by atoms with Crippen molar-refractivity contribution in [2.24, 2.45) is 11.8 Å². The smallest absolute Gasteiger partial charge is 0.233 e. The predicted octanol–water partition coefficient (Wildman–Crippen LogP) is 4.01. The van der Waals surface area contributed by atoms with E-state index in [0.717, 1.165) is 37.1 Å². The zero-order valence-electron chi connectivity index (χ0n) is 17.1. The summed E-state index contributed by atoms with van der Waals surface area (Å²) in [5, 5.41) is 0. The fraction of sp³-hybridized carbons (Fsp3) is 0.375. The van der Waals surface area contributed by atoms with Crippen molar-refractivity contribution >= 4 is 23.4 Å². The van der Waals surface area contributed by atoms with Crippen LogP contribution in [0.15, 0.2) is 54.6 Å². The monoisotopic (exact) mass is 406 g/mol. The Bertz CT molecular complexity index is 902. The van der Waals surface area contributed by atoms with E-state index < -0.39 is 0 Å². The lowest BCUT2D eigenvalue weighted by Gasteiger charge is -2.20. The Hall–Kier alpha value is -3.15. The second-order valence-corrected chi connectivity index (χ2v) is 7.94. The van der Waals surface area contributed by atoms with Gasteiger partial charge in [0.25, 0.3) is 0 Å². The molecule has 30 heavy (non-hydrogen) atoms. The van der Waals surface area contributed by atoms with Crippen LogP contribution in [0.4, 0.5) is 5.69 Å². The fourth-order valence-electron chi connectivity index (χ4n) is 4.33. The third-order valence-electron chi connectivity index (χ3n) is 6.06. The van der Waals surface area contributed by atoms with Crippen molar-refractivity contribution in [2.45, 2.75) is 32.1 Å². The lowest BCUT2D eigenvalue weighted by Crippen LogP contribution is -2.36. The molecule has 1 aliphatic heterocycles. The predicted molar refractivity (Wildman–Crippen MR) is 113 cm³/mol. The van der Waals surface area contributed by atoms with E-state index in [4.69, 9.17) is 4.74 Å². The highest BCUT2D eigenvalue weighted by Crippen LogP contribution is 2.38. The van der Waals surface area contributed by atoms with Crippen LogP contribution < -0.4 is 9.64 Å². The van der Waals surface area contributed by atoms with Gasteiger partial charge in [0.15, 0.2) is 0 Å². The summed E-state index contributed by atoms with van der Waals surface area (Å²) in [5.41, 5.74) is 0.730. The number of para-hydroxylation sites is 1. The molecule has 1 heterocycles. The van der Waals surface area contributed by atoms with E-state index in [1.165, 1.54) is 4.90 Å². The number of hydrogen-bond donors (Lipinski definition) is 0. The van der Waals surface area contributed by atoms with E-state index in [2.05, 4.69) is 0 Å². The van der Waals surface area contributed by atoms with Gasteiger partial charge in [-0.15, -0.1) is 0 Å². The Labute approximate surface area is 176 Å². The van der Waals surface area contributed by atoms with E-state index >= 15 is 0 Å². The van der Waals surface area contributed by atoms with E-state index in [1.807, 2.05) is 54.6 Å².